The molecule has 0 radical (unpaired) electrons. The van der Waals surface area contributed by atoms with Crippen molar-refractivity contribution in [3.05, 3.63) is 12.2 Å². The molecule has 0 saturated carbocycles. The van der Waals surface area contributed by atoms with Crippen LogP contribution in [0.3, 0.4) is 0 Å². The van der Waals surface area contributed by atoms with Crippen molar-refractivity contribution in [1.29, 1.82) is 0 Å². The molecule has 0 aromatic heterocycles. The van der Waals surface area contributed by atoms with Crippen LogP contribution in [-0.4, -0.2) is 36.6 Å². The fourth-order valence-corrected chi connectivity index (χ4v) is 1.35. The summed E-state index contributed by atoms with van der Waals surface area (Å²) >= 11 is 0. The van der Waals surface area contributed by atoms with Crippen LogP contribution < -0.4 is 0 Å². The van der Waals surface area contributed by atoms with E-state index in [9.17, 15) is 4.79 Å². The van der Waals surface area contributed by atoms with Gasteiger partial charge < -0.3 is 4.74 Å². The zero-order chi connectivity index (χ0) is 11.8. The van der Waals surface area contributed by atoms with Crippen molar-refractivity contribution in [2.75, 3.05) is 19.7 Å². The Morgan fingerprint density at radius 1 is 1.40 bits per heavy atom. The highest BCUT2D eigenvalue weighted by Gasteiger charge is 2.14. The van der Waals surface area contributed by atoms with Gasteiger partial charge in [-0.3, -0.25) is 4.90 Å². The van der Waals surface area contributed by atoms with Gasteiger partial charge in [-0.15, -0.1) is 0 Å². The molecule has 3 nitrogen and oxygen atoms in total. The van der Waals surface area contributed by atoms with E-state index in [4.69, 9.17) is 4.74 Å². The summed E-state index contributed by atoms with van der Waals surface area (Å²) in [6.07, 6.45) is 1.08. The highest BCUT2D eigenvalue weighted by molar-refractivity contribution is 5.88. The monoisotopic (exact) mass is 213 g/mol. The van der Waals surface area contributed by atoms with Gasteiger partial charge in [0.25, 0.3) is 0 Å². The van der Waals surface area contributed by atoms with E-state index in [1.807, 2.05) is 0 Å². The zero-order valence-electron chi connectivity index (χ0n) is 10.4. The summed E-state index contributed by atoms with van der Waals surface area (Å²) in [4.78, 5) is 13.6. The topological polar surface area (TPSA) is 29.5 Å². The number of ether oxygens (including phenoxy) is 1. The SMILES string of the molecule is C=C(CN(CCC)C(C)C)C(=O)OCC. The van der Waals surface area contributed by atoms with Gasteiger partial charge in [-0.2, -0.15) is 0 Å². The maximum atomic E-state index is 11.4. The van der Waals surface area contributed by atoms with Crippen molar-refractivity contribution in [3.8, 4) is 0 Å². The van der Waals surface area contributed by atoms with Gasteiger partial charge in [0.15, 0.2) is 0 Å². The highest BCUT2D eigenvalue weighted by atomic mass is 16.5. The van der Waals surface area contributed by atoms with E-state index in [0.29, 0.717) is 24.8 Å². The Hall–Kier alpha value is -0.830. The largest absolute Gasteiger partial charge is 0.463 e. The van der Waals surface area contributed by atoms with Crippen LogP contribution in [0.15, 0.2) is 12.2 Å². The van der Waals surface area contributed by atoms with Gasteiger partial charge in [-0.1, -0.05) is 13.5 Å². The summed E-state index contributed by atoms with van der Waals surface area (Å²) in [5, 5.41) is 0. The predicted molar refractivity (Wildman–Crippen MR) is 62.8 cm³/mol. The Morgan fingerprint density at radius 3 is 2.40 bits per heavy atom. The molecule has 0 heterocycles. The zero-order valence-corrected chi connectivity index (χ0v) is 10.4. The average molecular weight is 213 g/mol. The van der Waals surface area contributed by atoms with Gasteiger partial charge in [-0.05, 0) is 33.7 Å². The fourth-order valence-electron chi connectivity index (χ4n) is 1.35. The second kappa shape index (κ2) is 7.46. The summed E-state index contributed by atoms with van der Waals surface area (Å²) in [5.41, 5.74) is 0.541. The molecular formula is C12H23NO2. The first kappa shape index (κ1) is 14.2. The lowest BCUT2D eigenvalue weighted by molar-refractivity contribution is -0.138. The molecule has 88 valence electrons. The van der Waals surface area contributed by atoms with Crippen LogP contribution in [-0.2, 0) is 9.53 Å². The Morgan fingerprint density at radius 2 is 2.00 bits per heavy atom. The molecular weight excluding hydrogens is 190 g/mol. The van der Waals surface area contributed by atoms with Gasteiger partial charge in [0, 0.05) is 18.2 Å². The van der Waals surface area contributed by atoms with Crippen LogP contribution in [0.2, 0.25) is 0 Å². The van der Waals surface area contributed by atoms with Crippen LogP contribution in [0, 0.1) is 0 Å². The summed E-state index contributed by atoms with van der Waals surface area (Å²) in [6, 6.07) is 0.427. The molecule has 0 atom stereocenters. The Balaban J connectivity index is 4.16. The van der Waals surface area contributed by atoms with Gasteiger partial charge in [0.1, 0.15) is 0 Å². The molecule has 0 amide bonds. The third-order valence-corrected chi connectivity index (χ3v) is 2.20. The standard InChI is InChI=1S/C12H23NO2/c1-6-8-13(10(3)4)9-11(5)12(14)15-7-2/h10H,5-9H2,1-4H3. The van der Waals surface area contributed by atoms with Crippen LogP contribution in [0.5, 0.6) is 0 Å². The molecule has 3 heteroatoms. The van der Waals surface area contributed by atoms with E-state index >= 15 is 0 Å². The number of rotatable bonds is 7. The molecule has 0 spiro atoms. The smallest absolute Gasteiger partial charge is 0.334 e. The number of hydrogen-bond acceptors (Lipinski definition) is 3. The lowest BCUT2D eigenvalue weighted by Gasteiger charge is -2.26. The van der Waals surface area contributed by atoms with E-state index in [-0.39, 0.29) is 5.97 Å². The fraction of sp³-hybridized carbons (Fsp3) is 0.750. The summed E-state index contributed by atoms with van der Waals surface area (Å²) in [7, 11) is 0. The van der Waals surface area contributed by atoms with Crippen LogP contribution in [0.1, 0.15) is 34.1 Å². The summed E-state index contributed by atoms with van der Waals surface area (Å²) in [6.45, 7) is 13.9. The Kier molecular flexibility index (Phi) is 7.05. The number of carbonyl (C=O) groups is 1. The maximum absolute atomic E-state index is 11.4. The quantitative estimate of drug-likeness (QED) is 0.480. The van der Waals surface area contributed by atoms with Gasteiger partial charge >= 0.3 is 5.97 Å². The van der Waals surface area contributed by atoms with Crippen molar-refractivity contribution < 1.29 is 9.53 Å². The molecule has 0 rings (SSSR count). The predicted octanol–water partition coefficient (Wildman–Crippen LogP) is 2.23. The van der Waals surface area contributed by atoms with Crippen molar-refractivity contribution >= 4 is 5.97 Å². The minimum absolute atomic E-state index is 0.278. The molecule has 0 fully saturated rings. The second-order valence-corrected chi connectivity index (χ2v) is 3.89. The normalized spacial score (nSPS) is 10.8. The first-order valence-corrected chi connectivity index (χ1v) is 5.61. The summed E-state index contributed by atoms with van der Waals surface area (Å²) < 4.78 is 4.90. The molecule has 0 aromatic carbocycles. The molecule has 0 aliphatic heterocycles. The molecule has 0 bridgehead atoms. The van der Waals surface area contributed by atoms with Gasteiger partial charge in [0.2, 0.25) is 0 Å². The van der Waals surface area contributed by atoms with Crippen molar-refractivity contribution in [2.24, 2.45) is 0 Å². The lowest BCUT2D eigenvalue weighted by Crippen LogP contribution is -2.34. The second-order valence-electron chi connectivity index (χ2n) is 3.89. The van der Waals surface area contributed by atoms with Crippen LogP contribution in [0.4, 0.5) is 0 Å². The van der Waals surface area contributed by atoms with E-state index in [1.165, 1.54) is 0 Å². The number of hydrogen-bond donors (Lipinski definition) is 0. The van der Waals surface area contributed by atoms with Crippen LogP contribution >= 0.6 is 0 Å². The maximum Gasteiger partial charge on any atom is 0.334 e. The third-order valence-electron chi connectivity index (χ3n) is 2.20. The molecule has 0 unspecified atom stereocenters. The average Bonchev–Trinajstić information content (AvgIpc) is 2.17. The van der Waals surface area contributed by atoms with E-state index in [1.54, 1.807) is 6.92 Å². The number of carbonyl (C=O) groups excluding carboxylic acids is 1. The van der Waals surface area contributed by atoms with Gasteiger partial charge in [0.05, 0.1) is 6.61 Å². The minimum atomic E-state index is -0.278. The summed E-state index contributed by atoms with van der Waals surface area (Å²) in [5.74, 6) is -0.278. The molecule has 0 N–H and O–H groups in total. The molecule has 0 aromatic rings. The van der Waals surface area contributed by atoms with Crippen molar-refractivity contribution in [1.82, 2.24) is 4.90 Å². The van der Waals surface area contributed by atoms with Crippen molar-refractivity contribution in [3.63, 3.8) is 0 Å². The first-order valence-electron chi connectivity index (χ1n) is 5.61. The van der Waals surface area contributed by atoms with E-state index < -0.39 is 0 Å². The Labute approximate surface area is 93.1 Å². The van der Waals surface area contributed by atoms with Crippen LogP contribution in [0.25, 0.3) is 0 Å². The highest BCUT2D eigenvalue weighted by Crippen LogP contribution is 2.05. The van der Waals surface area contributed by atoms with Gasteiger partial charge in [-0.25, -0.2) is 4.79 Å². The minimum Gasteiger partial charge on any atom is -0.463 e. The number of nitrogens with zero attached hydrogens (tertiary/aromatic N) is 1. The lowest BCUT2D eigenvalue weighted by atomic mass is 10.2. The van der Waals surface area contributed by atoms with E-state index in [0.717, 1.165) is 13.0 Å². The molecule has 0 aliphatic rings. The Bertz CT molecular complexity index is 212. The van der Waals surface area contributed by atoms with Crippen molar-refractivity contribution in [2.45, 2.75) is 40.2 Å². The molecule has 0 saturated heterocycles. The first-order chi connectivity index (χ1) is 7.02. The van der Waals surface area contributed by atoms with E-state index in [2.05, 4.69) is 32.3 Å². The third kappa shape index (κ3) is 5.57. The molecule has 0 aliphatic carbocycles. The number of esters is 1. The molecule has 15 heavy (non-hydrogen) atoms.